The standard InChI is InChI=1S/C15H17N5O/c1-11-17-9-14(20(11)13-6-4-3-5-7-13)8-16-10-15-18-12(2)21-19-15/h3-7,9,16H,8,10H2,1-2H3. The second-order valence-electron chi connectivity index (χ2n) is 4.80. The van der Waals surface area contributed by atoms with E-state index in [-0.39, 0.29) is 0 Å². The van der Waals surface area contributed by atoms with Gasteiger partial charge in [-0.2, -0.15) is 4.98 Å². The summed E-state index contributed by atoms with van der Waals surface area (Å²) in [6.07, 6.45) is 1.89. The van der Waals surface area contributed by atoms with Crippen LogP contribution in [0, 0.1) is 13.8 Å². The summed E-state index contributed by atoms with van der Waals surface area (Å²) in [4.78, 5) is 8.56. The Morgan fingerprint density at radius 3 is 2.67 bits per heavy atom. The Bertz CT molecular complexity index is 717. The molecule has 0 saturated heterocycles. The SMILES string of the molecule is Cc1nc(CNCc2cnc(C)n2-c2ccccc2)no1. The van der Waals surface area contributed by atoms with Crippen LogP contribution in [0.4, 0.5) is 0 Å². The van der Waals surface area contributed by atoms with Gasteiger partial charge in [-0.25, -0.2) is 4.98 Å². The fourth-order valence-electron chi connectivity index (χ4n) is 2.26. The average Bonchev–Trinajstić information content (AvgIpc) is 3.06. The molecule has 108 valence electrons. The molecule has 0 aliphatic rings. The summed E-state index contributed by atoms with van der Waals surface area (Å²) in [5, 5.41) is 7.17. The molecule has 3 aromatic rings. The molecule has 0 amide bonds. The molecule has 2 aromatic heterocycles. The Hall–Kier alpha value is -2.47. The van der Waals surface area contributed by atoms with Crippen LogP contribution in [0.5, 0.6) is 0 Å². The number of hydrogen-bond donors (Lipinski definition) is 1. The number of aryl methyl sites for hydroxylation is 2. The van der Waals surface area contributed by atoms with Crippen LogP contribution < -0.4 is 5.32 Å². The van der Waals surface area contributed by atoms with E-state index in [0.29, 0.717) is 24.8 Å². The Kier molecular flexibility index (Phi) is 3.79. The summed E-state index contributed by atoms with van der Waals surface area (Å²) >= 11 is 0. The van der Waals surface area contributed by atoms with Crippen molar-refractivity contribution in [2.45, 2.75) is 26.9 Å². The lowest BCUT2D eigenvalue weighted by atomic mass is 10.3. The fraction of sp³-hybridized carbons (Fsp3) is 0.267. The van der Waals surface area contributed by atoms with E-state index in [4.69, 9.17) is 4.52 Å². The highest BCUT2D eigenvalue weighted by atomic mass is 16.5. The lowest BCUT2D eigenvalue weighted by Crippen LogP contribution is -2.16. The van der Waals surface area contributed by atoms with Crippen molar-refractivity contribution in [3.63, 3.8) is 0 Å². The molecule has 0 atom stereocenters. The van der Waals surface area contributed by atoms with E-state index in [9.17, 15) is 0 Å². The highest BCUT2D eigenvalue weighted by molar-refractivity contribution is 5.35. The molecule has 0 radical (unpaired) electrons. The number of hydrogen-bond acceptors (Lipinski definition) is 5. The van der Waals surface area contributed by atoms with E-state index in [1.165, 1.54) is 0 Å². The molecule has 6 nitrogen and oxygen atoms in total. The van der Waals surface area contributed by atoms with Crippen LogP contribution in [0.25, 0.3) is 5.69 Å². The molecule has 0 bridgehead atoms. The number of nitrogens with zero attached hydrogens (tertiary/aromatic N) is 4. The molecule has 3 rings (SSSR count). The summed E-state index contributed by atoms with van der Waals surface area (Å²) in [7, 11) is 0. The fourth-order valence-corrected chi connectivity index (χ4v) is 2.26. The molecule has 2 heterocycles. The van der Waals surface area contributed by atoms with Crippen molar-refractivity contribution in [2.75, 3.05) is 0 Å². The van der Waals surface area contributed by atoms with Crippen molar-refractivity contribution < 1.29 is 4.52 Å². The molecule has 1 N–H and O–H groups in total. The summed E-state index contributed by atoms with van der Waals surface area (Å²) in [5.41, 5.74) is 2.21. The van der Waals surface area contributed by atoms with E-state index in [1.807, 2.05) is 31.3 Å². The van der Waals surface area contributed by atoms with Gasteiger partial charge >= 0.3 is 0 Å². The number of imidazole rings is 1. The van der Waals surface area contributed by atoms with Gasteiger partial charge in [0.25, 0.3) is 0 Å². The molecule has 1 aromatic carbocycles. The average molecular weight is 283 g/mol. The highest BCUT2D eigenvalue weighted by Crippen LogP contribution is 2.14. The van der Waals surface area contributed by atoms with Crippen molar-refractivity contribution in [3.8, 4) is 5.69 Å². The van der Waals surface area contributed by atoms with Crippen LogP contribution in [-0.4, -0.2) is 19.7 Å². The topological polar surface area (TPSA) is 68.8 Å². The summed E-state index contributed by atoms with van der Waals surface area (Å²) in [6, 6.07) is 10.2. The number of para-hydroxylation sites is 1. The Balaban J connectivity index is 1.72. The van der Waals surface area contributed by atoms with Gasteiger partial charge in [0.15, 0.2) is 5.82 Å². The number of aromatic nitrogens is 4. The van der Waals surface area contributed by atoms with Crippen molar-refractivity contribution in [1.29, 1.82) is 0 Å². The first-order chi connectivity index (χ1) is 10.2. The van der Waals surface area contributed by atoms with Crippen molar-refractivity contribution >= 4 is 0 Å². The highest BCUT2D eigenvalue weighted by Gasteiger charge is 2.09. The van der Waals surface area contributed by atoms with E-state index < -0.39 is 0 Å². The molecule has 0 aliphatic heterocycles. The van der Waals surface area contributed by atoms with Crippen LogP contribution in [-0.2, 0) is 13.1 Å². The minimum Gasteiger partial charge on any atom is -0.340 e. The minimum atomic E-state index is 0.566. The third-order valence-electron chi connectivity index (χ3n) is 3.18. The summed E-state index contributed by atoms with van der Waals surface area (Å²) < 4.78 is 7.08. The summed E-state index contributed by atoms with van der Waals surface area (Å²) in [6.45, 7) is 5.03. The molecular weight excluding hydrogens is 266 g/mol. The van der Waals surface area contributed by atoms with Crippen molar-refractivity contribution in [1.82, 2.24) is 25.0 Å². The third-order valence-corrected chi connectivity index (χ3v) is 3.18. The van der Waals surface area contributed by atoms with Gasteiger partial charge in [-0.15, -0.1) is 0 Å². The molecule has 6 heteroatoms. The zero-order chi connectivity index (χ0) is 14.7. The Labute approximate surface area is 122 Å². The summed E-state index contributed by atoms with van der Waals surface area (Å²) in [5.74, 6) is 2.21. The van der Waals surface area contributed by atoms with Crippen LogP contribution in [0.2, 0.25) is 0 Å². The third kappa shape index (κ3) is 3.00. The van der Waals surface area contributed by atoms with Crippen LogP contribution in [0.15, 0.2) is 41.1 Å². The molecule has 0 unspecified atom stereocenters. The Morgan fingerprint density at radius 2 is 1.95 bits per heavy atom. The van der Waals surface area contributed by atoms with Gasteiger partial charge in [-0.05, 0) is 19.1 Å². The van der Waals surface area contributed by atoms with Crippen molar-refractivity contribution in [2.24, 2.45) is 0 Å². The number of benzene rings is 1. The van der Waals surface area contributed by atoms with E-state index in [1.54, 1.807) is 6.92 Å². The molecule has 21 heavy (non-hydrogen) atoms. The van der Waals surface area contributed by atoms with E-state index in [2.05, 4.69) is 37.1 Å². The molecule has 0 fully saturated rings. The predicted octanol–water partition coefficient (Wildman–Crippen LogP) is 2.16. The monoisotopic (exact) mass is 283 g/mol. The minimum absolute atomic E-state index is 0.566. The quantitative estimate of drug-likeness (QED) is 0.777. The van der Waals surface area contributed by atoms with Gasteiger partial charge in [-0.3, -0.25) is 4.57 Å². The number of nitrogens with one attached hydrogen (secondary N) is 1. The largest absolute Gasteiger partial charge is 0.340 e. The van der Waals surface area contributed by atoms with Gasteiger partial charge in [-0.1, -0.05) is 23.4 Å². The Morgan fingerprint density at radius 1 is 1.14 bits per heavy atom. The van der Waals surface area contributed by atoms with Crippen LogP contribution in [0.1, 0.15) is 23.2 Å². The second-order valence-corrected chi connectivity index (χ2v) is 4.80. The zero-order valence-corrected chi connectivity index (χ0v) is 12.1. The molecular formula is C15H17N5O. The molecule has 0 spiro atoms. The van der Waals surface area contributed by atoms with Gasteiger partial charge in [0.05, 0.1) is 18.4 Å². The van der Waals surface area contributed by atoms with Gasteiger partial charge in [0.1, 0.15) is 5.82 Å². The van der Waals surface area contributed by atoms with Gasteiger partial charge < -0.3 is 9.84 Å². The van der Waals surface area contributed by atoms with Crippen LogP contribution in [0.3, 0.4) is 0 Å². The maximum Gasteiger partial charge on any atom is 0.223 e. The lowest BCUT2D eigenvalue weighted by molar-refractivity contribution is 0.385. The smallest absolute Gasteiger partial charge is 0.223 e. The zero-order valence-electron chi connectivity index (χ0n) is 12.1. The number of rotatable bonds is 5. The molecule has 0 saturated carbocycles. The van der Waals surface area contributed by atoms with E-state index in [0.717, 1.165) is 17.2 Å². The van der Waals surface area contributed by atoms with Gasteiger partial charge in [0, 0.05) is 19.2 Å². The maximum atomic E-state index is 4.95. The first-order valence-corrected chi connectivity index (χ1v) is 6.82. The first-order valence-electron chi connectivity index (χ1n) is 6.82. The van der Waals surface area contributed by atoms with Crippen molar-refractivity contribution in [3.05, 3.63) is 59.8 Å². The normalized spacial score (nSPS) is 11.0. The second kappa shape index (κ2) is 5.88. The van der Waals surface area contributed by atoms with Gasteiger partial charge in [0.2, 0.25) is 5.89 Å². The molecule has 0 aliphatic carbocycles. The first kappa shape index (κ1) is 13.5. The van der Waals surface area contributed by atoms with Crippen LogP contribution >= 0.6 is 0 Å². The maximum absolute atomic E-state index is 4.95. The van der Waals surface area contributed by atoms with E-state index >= 15 is 0 Å². The lowest BCUT2D eigenvalue weighted by Gasteiger charge is -2.10. The predicted molar refractivity (Wildman–Crippen MR) is 77.9 cm³/mol.